The highest BCUT2D eigenvalue weighted by molar-refractivity contribution is 6.74. The number of nitrogens with zero attached hydrogens (tertiary/aromatic N) is 2. The van der Waals surface area contributed by atoms with Crippen LogP contribution < -0.4 is 0 Å². The fraction of sp³-hybridized carbons (Fsp3) is 0.862. The third-order valence-electron chi connectivity index (χ3n) is 7.65. The summed E-state index contributed by atoms with van der Waals surface area (Å²) < 4.78 is 18.9. The molecule has 37 heavy (non-hydrogen) atoms. The van der Waals surface area contributed by atoms with Gasteiger partial charge in [0.25, 0.3) is 0 Å². The first-order valence-electron chi connectivity index (χ1n) is 14.0. The molecule has 0 radical (unpaired) electrons. The van der Waals surface area contributed by atoms with Crippen molar-refractivity contribution in [3.05, 3.63) is 11.8 Å². The van der Waals surface area contributed by atoms with Gasteiger partial charge in [-0.3, -0.25) is 0 Å². The molecule has 1 saturated carbocycles. The van der Waals surface area contributed by atoms with Crippen LogP contribution in [0.15, 0.2) is 11.8 Å². The Labute approximate surface area is 228 Å². The summed E-state index contributed by atoms with van der Waals surface area (Å²) in [5.74, 6) is 0. The molecule has 1 aliphatic rings. The first-order chi connectivity index (χ1) is 16.6. The summed E-state index contributed by atoms with van der Waals surface area (Å²) in [7, 11) is -2.18. The molecule has 8 heteroatoms. The summed E-state index contributed by atoms with van der Waals surface area (Å²) in [6.45, 7) is 31.3. The van der Waals surface area contributed by atoms with Gasteiger partial charge in [0, 0.05) is 29.7 Å². The highest BCUT2D eigenvalue weighted by Crippen LogP contribution is 2.45. The van der Waals surface area contributed by atoms with Gasteiger partial charge in [0.15, 0.2) is 8.32 Å². The third kappa shape index (κ3) is 9.01. The Morgan fingerprint density at radius 2 is 1.24 bits per heavy atom. The minimum atomic E-state index is -2.18. The molecule has 0 spiro atoms. The van der Waals surface area contributed by atoms with Crippen molar-refractivity contribution in [3.8, 4) is 0 Å². The number of hydrogen-bond acceptors (Lipinski definition) is 5. The van der Waals surface area contributed by atoms with Gasteiger partial charge in [-0.15, -0.1) is 0 Å². The fourth-order valence-electron chi connectivity index (χ4n) is 4.83. The molecule has 0 aliphatic heterocycles. The number of carbonyl (C=O) groups excluding carboxylic acids is 2. The van der Waals surface area contributed by atoms with E-state index in [1.165, 1.54) is 6.26 Å². The maximum Gasteiger partial charge on any atom is 0.415 e. The van der Waals surface area contributed by atoms with Crippen molar-refractivity contribution in [2.45, 2.75) is 157 Å². The Balaban J connectivity index is 3.51. The van der Waals surface area contributed by atoms with Gasteiger partial charge >= 0.3 is 12.2 Å². The van der Waals surface area contributed by atoms with Crippen LogP contribution in [0, 0.1) is 5.41 Å². The molecule has 0 unspecified atom stereocenters. The zero-order valence-electron chi connectivity index (χ0n) is 26.4. The molecule has 0 aromatic heterocycles. The summed E-state index contributed by atoms with van der Waals surface area (Å²) in [5, 5.41) is 0.000713. The molecule has 0 aromatic carbocycles. The zero-order chi connectivity index (χ0) is 29.1. The second kappa shape index (κ2) is 12.5. The highest BCUT2D eigenvalue weighted by Gasteiger charge is 2.46. The average Bonchev–Trinajstić information content (AvgIpc) is 2.63. The number of carbonyl (C=O) groups is 2. The Morgan fingerprint density at radius 3 is 1.65 bits per heavy atom. The monoisotopic (exact) mass is 540 g/mol. The fourth-order valence-corrected chi connectivity index (χ4v) is 6.12. The van der Waals surface area contributed by atoms with E-state index in [1.807, 2.05) is 55.4 Å². The van der Waals surface area contributed by atoms with Crippen LogP contribution in [0.5, 0.6) is 0 Å². The normalized spacial score (nSPS) is 21.6. The summed E-state index contributed by atoms with van der Waals surface area (Å²) in [5.41, 5.74) is 0.604. The van der Waals surface area contributed by atoms with E-state index in [2.05, 4.69) is 47.7 Å². The lowest BCUT2D eigenvalue weighted by atomic mass is 9.72. The number of ether oxygens (including phenoxy) is 2. The average molecular weight is 541 g/mol. The van der Waals surface area contributed by atoms with Gasteiger partial charge in [0.05, 0.1) is 6.10 Å². The van der Waals surface area contributed by atoms with Crippen LogP contribution in [-0.4, -0.2) is 66.7 Å². The summed E-state index contributed by atoms with van der Waals surface area (Å²) in [6.07, 6.45) is 1.26. The molecule has 2 amide bonds. The van der Waals surface area contributed by atoms with Gasteiger partial charge in [-0.2, -0.15) is 0 Å². The van der Waals surface area contributed by atoms with E-state index in [9.17, 15) is 9.59 Å². The van der Waals surface area contributed by atoms with E-state index >= 15 is 0 Å². The maximum atomic E-state index is 13.4. The molecule has 0 aromatic rings. The lowest BCUT2D eigenvalue weighted by Gasteiger charge is -2.46. The minimum absolute atomic E-state index is 0.000668. The van der Waals surface area contributed by atoms with Gasteiger partial charge in [-0.05, 0) is 91.8 Å². The Hall–Kier alpha value is -1.54. The van der Waals surface area contributed by atoms with E-state index < -0.39 is 20.5 Å². The van der Waals surface area contributed by atoms with Crippen molar-refractivity contribution in [1.29, 1.82) is 0 Å². The van der Waals surface area contributed by atoms with Crippen LogP contribution in [0.25, 0.3) is 0 Å². The minimum Gasteiger partial charge on any atom is -0.441 e. The standard InChI is InChI=1S/C29H56N2O5Si/c1-19(2)30(20(3)4)26(32)34-18-23-24(35-27(33)31(21(5)6)22(7)8)16-29(12,13)17-25(23)36-37(14,15)28(9,10)11/h18-22,24-25H,16-17H2,1-15H3/t24-,25-/m1/s1. The second-order valence-electron chi connectivity index (χ2n) is 14.0. The van der Waals surface area contributed by atoms with Crippen LogP contribution in [0.4, 0.5) is 9.59 Å². The van der Waals surface area contributed by atoms with Gasteiger partial charge in [-0.1, -0.05) is 34.6 Å². The lowest BCUT2D eigenvalue weighted by molar-refractivity contribution is 0.00177. The van der Waals surface area contributed by atoms with Gasteiger partial charge < -0.3 is 23.7 Å². The van der Waals surface area contributed by atoms with E-state index in [0.29, 0.717) is 6.42 Å². The summed E-state index contributed by atoms with van der Waals surface area (Å²) in [6, 6.07) is -0.0111. The zero-order valence-corrected chi connectivity index (χ0v) is 27.4. The number of rotatable bonds is 8. The molecular weight excluding hydrogens is 484 g/mol. The maximum absolute atomic E-state index is 13.4. The van der Waals surface area contributed by atoms with Crippen molar-refractivity contribution < 1.29 is 23.5 Å². The van der Waals surface area contributed by atoms with Gasteiger partial charge in [0.2, 0.25) is 0 Å². The SMILES string of the molecule is CC(C)N(C(=O)OC=C1[C@H](OC(=O)N(C(C)C)C(C)C)CC(C)(C)C[C@H]1O[Si](C)(C)C(C)(C)C)C(C)C. The second-order valence-corrected chi connectivity index (χ2v) is 18.8. The largest absolute Gasteiger partial charge is 0.441 e. The van der Waals surface area contributed by atoms with Crippen molar-refractivity contribution in [2.75, 3.05) is 0 Å². The Kier molecular flexibility index (Phi) is 11.3. The highest BCUT2D eigenvalue weighted by atomic mass is 28.4. The van der Waals surface area contributed by atoms with Crippen molar-refractivity contribution >= 4 is 20.5 Å². The van der Waals surface area contributed by atoms with Crippen LogP contribution in [-0.2, 0) is 13.9 Å². The summed E-state index contributed by atoms with van der Waals surface area (Å²) >= 11 is 0. The van der Waals surface area contributed by atoms with Gasteiger partial charge in [-0.25, -0.2) is 9.59 Å². The van der Waals surface area contributed by atoms with Crippen LogP contribution in [0.2, 0.25) is 18.1 Å². The smallest absolute Gasteiger partial charge is 0.415 e. The predicted molar refractivity (Wildman–Crippen MR) is 154 cm³/mol. The Morgan fingerprint density at radius 1 is 0.838 bits per heavy atom. The molecule has 0 bridgehead atoms. The molecule has 7 nitrogen and oxygen atoms in total. The van der Waals surface area contributed by atoms with Crippen molar-refractivity contribution in [3.63, 3.8) is 0 Å². The topological polar surface area (TPSA) is 68.3 Å². The number of hydrogen-bond donors (Lipinski definition) is 0. The first kappa shape index (κ1) is 33.5. The molecule has 0 heterocycles. The van der Waals surface area contributed by atoms with E-state index in [-0.39, 0.29) is 46.8 Å². The molecule has 1 aliphatic carbocycles. The molecule has 2 atom stereocenters. The molecule has 216 valence electrons. The number of amides is 2. The van der Waals surface area contributed by atoms with Crippen LogP contribution in [0.3, 0.4) is 0 Å². The Bertz CT molecular complexity index is 796. The molecule has 1 rings (SSSR count). The van der Waals surface area contributed by atoms with E-state index in [1.54, 1.807) is 9.80 Å². The first-order valence-corrected chi connectivity index (χ1v) is 16.9. The summed E-state index contributed by atoms with van der Waals surface area (Å²) in [4.78, 5) is 29.9. The van der Waals surface area contributed by atoms with Crippen molar-refractivity contribution in [2.24, 2.45) is 5.41 Å². The molecule has 1 fully saturated rings. The van der Waals surface area contributed by atoms with E-state index in [4.69, 9.17) is 13.9 Å². The van der Waals surface area contributed by atoms with Crippen LogP contribution in [0.1, 0.15) is 103 Å². The third-order valence-corrected chi connectivity index (χ3v) is 12.1. The van der Waals surface area contributed by atoms with Crippen molar-refractivity contribution in [1.82, 2.24) is 9.80 Å². The quantitative estimate of drug-likeness (QED) is 0.231. The lowest BCUT2D eigenvalue weighted by Crippen LogP contribution is -2.51. The molecular formula is C29H56N2O5Si. The van der Waals surface area contributed by atoms with Gasteiger partial charge in [0.1, 0.15) is 12.4 Å². The molecule has 0 saturated heterocycles. The predicted octanol–water partition coefficient (Wildman–Crippen LogP) is 7.96. The van der Waals surface area contributed by atoms with E-state index in [0.717, 1.165) is 12.0 Å². The molecule has 0 N–H and O–H groups in total. The van der Waals surface area contributed by atoms with Crippen LogP contribution >= 0.6 is 0 Å².